The summed E-state index contributed by atoms with van der Waals surface area (Å²) in [6.07, 6.45) is -4.50. The lowest BCUT2D eigenvalue weighted by Gasteiger charge is -2.23. The zero-order valence-corrected chi connectivity index (χ0v) is 15.7. The highest BCUT2D eigenvalue weighted by Gasteiger charge is 2.32. The van der Waals surface area contributed by atoms with Gasteiger partial charge in [-0.05, 0) is 36.2 Å². The second-order valence-corrected chi connectivity index (χ2v) is 6.90. The average molecular weight is 416 g/mol. The van der Waals surface area contributed by atoms with Crippen molar-refractivity contribution < 1.29 is 32.2 Å². The van der Waals surface area contributed by atoms with E-state index in [1.807, 2.05) is 0 Å². The normalized spacial score (nSPS) is 14.1. The van der Waals surface area contributed by atoms with Crippen molar-refractivity contribution in [3.63, 3.8) is 0 Å². The van der Waals surface area contributed by atoms with Crippen LogP contribution in [0.25, 0.3) is 0 Å². The molecule has 3 rings (SSSR count). The molecule has 0 fully saturated rings. The first-order valence-corrected chi connectivity index (χ1v) is 8.77. The van der Waals surface area contributed by atoms with E-state index in [1.165, 1.54) is 12.1 Å². The minimum absolute atomic E-state index is 0.0926. The Morgan fingerprint density at radius 2 is 1.86 bits per heavy atom. The van der Waals surface area contributed by atoms with Gasteiger partial charge in [0.2, 0.25) is 6.79 Å². The molecule has 0 bridgehead atoms. The van der Waals surface area contributed by atoms with E-state index < -0.39 is 23.8 Å². The molecule has 2 aromatic carbocycles. The number of ether oxygens (including phenoxy) is 3. The number of alkyl halides is 3. The van der Waals surface area contributed by atoms with Gasteiger partial charge in [0.05, 0.1) is 16.3 Å². The van der Waals surface area contributed by atoms with Gasteiger partial charge in [0.15, 0.2) is 11.5 Å². The SMILES string of the molecule is CC(C)[C@@H](Nc1ccc(C(F)(F)F)cc1Cl)C(=O)Oc1ccc2c(c1)OCO2. The van der Waals surface area contributed by atoms with Gasteiger partial charge in [-0.25, -0.2) is 4.79 Å². The van der Waals surface area contributed by atoms with Gasteiger partial charge >= 0.3 is 12.1 Å². The number of rotatable bonds is 5. The third-order valence-corrected chi connectivity index (χ3v) is 4.40. The number of halogens is 4. The lowest BCUT2D eigenvalue weighted by molar-refractivity contribution is -0.138. The second kappa shape index (κ2) is 7.79. The minimum atomic E-state index is -4.50. The van der Waals surface area contributed by atoms with Crippen LogP contribution < -0.4 is 19.5 Å². The summed E-state index contributed by atoms with van der Waals surface area (Å²) in [6, 6.07) is 6.78. The van der Waals surface area contributed by atoms with Crippen molar-refractivity contribution in [2.75, 3.05) is 12.1 Å². The fraction of sp³-hybridized carbons (Fsp3) is 0.316. The number of hydrogen-bond donors (Lipinski definition) is 1. The summed E-state index contributed by atoms with van der Waals surface area (Å²) >= 11 is 5.97. The van der Waals surface area contributed by atoms with E-state index >= 15 is 0 Å². The van der Waals surface area contributed by atoms with Crippen LogP contribution in [0.1, 0.15) is 19.4 Å². The summed E-state index contributed by atoms with van der Waals surface area (Å²) in [5.74, 6) is 0.449. The first-order valence-electron chi connectivity index (χ1n) is 8.40. The Labute approximate surface area is 164 Å². The summed E-state index contributed by atoms with van der Waals surface area (Å²) in [5.41, 5.74) is -0.664. The van der Waals surface area contributed by atoms with Gasteiger partial charge in [-0.1, -0.05) is 25.4 Å². The molecule has 1 aliphatic heterocycles. The molecule has 0 saturated carbocycles. The molecular formula is C19H17ClF3NO4. The van der Waals surface area contributed by atoms with E-state index in [2.05, 4.69) is 5.32 Å². The molecule has 1 heterocycles. The van der Waals surface area contributed by atoms with Gasteiger partial charge in [0, 0.05) is 6.07 Å². The minimum Gasteiger partial charge on any atom is -0.454 e. The fourth-order valence-electron chi connectivity index (χ4n) is 2.59. The number of hydrogen-bond acceptors (Lipinski definition) is 5. The molecule has 28 heavy (non-hydrogen) atoms. The number of carbonyl (C=O) groups excluding carboxylic acids is 1. The topological polar surface area (TPSA) is 56.8 Å². The largest absolute Gasteiger partial charge is 0.454 e. The number of carbonyl (C=O) groups is 1. The predicted octanol–water partition coefficient (Wildman–Crippen LogP) is 5.13. The van der Waals surface area contributed by atoms with Gasteiger partial charge in [-0.2, -0.15) is 13.2 Å². The summed E-state index contributed by atoms with van der Waals surface area (Å²) in [5, 5.41) is 2.73. The Hall–Kier alpha value is -2.61. The molecule has 0 radical (unpaired) electrons. The summed E-state index contributed by atoms with van der Waals surface area (Å²) in [7, 11) is 0. The molecule has 2 aromatic rings. The lowest BCUT2D eigenvalue weighted by Crippen LogP contribution is -2.37. The van der Waals surface area contributed by atoms with Crippen LogP contribution in [-0.2, 0) is 11.0 Å². The van der Waals surface area contributed by atoms with Crippen LogP contribution in [0.3, 0.4) is 0 Å². The standard InChI is InChI=1S/C19H17ClF3NO4/c1-10(2)17(24-14-5-3-11(7-13(14)20)19(21,22)23)18(25)28-12-4-6-15-16(8-12)27-9-26-15/h3-8,10,17,24H,9H2,1-2H3/t17-/m1/s1. The Balaban J connectivity index is 1.75. The number of benzene rings is 2. The van der Waals surface area contributed by atoms with Gasteiger partial charge in [-0.3, -0.25) is 0 Å². The first kappa shape index (κ1) is 20.1. The van der Waals surface area contributed by atoms with E-state index in [0.717, 1.165) is 12.1 Å². The van der Waals surface area contributed by atoms with Crippen LogP contribution in [0.4, 0.5) is 18.9 Å². The number of nitrogens with one attached hydrogen (secondary N) is 1. The molecule has 0 aromatic heterocycles. The fourth-order valence-corrected chi connectivity index (χ4v) is 2.83. The summed E-state index contributed by atoms with van der Waals surface area (Å²) in [4.78, 5) is 12.6. The molecule has 1 N–H and O–H groups in total. The van der Waals surface area contributed by atoms with Crippen molar-refractivity contribution in [1.29, 1.82) is 0 Å². The molecule has 0 amide bonds. The molecule has 0 unspecified atom stereocenters. The molecule has 1 atom stereocenters. The van der Waals surface area contributed by atoms with Crippen molar-refractivity contribution in [3.05, 3.63) is 47.0 Å². The zero-order valence-electron chi connectivity index (χ0n) is 15.0. The van der Waals surface area contributed by atoms with Crippen molar-refractivity contribution in [2.24, 2.45) is 5.92 Å². The number of fused-ring (bicyclic) bond motifs is 1. The Morgan fingerprint density at radius 1 is 1.14 bits per heavy atom. The monoisotopic (exact) mass is 415 g/mol. The molecule has 0 aliphatic carbocycles. The van der Waals surface area contributed by atoms with Crippen LogP contribution in [-0.4, -0.2) is 18.8 Å². The van der Waals surface area contributed by atoms with Gasteiger partial charge in [0.1, 0.15) is 11.8 Å². The quantitative estimate of drug-likeness (QED) is 0.542. The van der Waals surface area contributed by atoms with Crippen molar-refractivity contribution in [2.45, 2.75) is 26.1 Å². The van der Waals surface area contributed by atoms with Crippen LogP contribution in [0.15, 0.2) is 36.4 Å². The predicted molar refractivity (Wildman–Crippen MR) is 96.9 cm³/mol. The van der Waals surface area contributed by atoms with Gasteiger partial charge in [0.25, 0.3) is 0 Å². The molecule has 0 spiro atoms. The van der Waals surface area contributed by atoms with Gasteiger partial charge < -0.3 is 19.5 Å². The van der Waals surface area contributed by atoms with Crippen molar-refractivity contribution >= 4 is 23.3 Å². The maximum atomic E-state index is 12.8. The van der Waals surface area contributed by atoms with Crippen LogP contribution in [0.5, 0.6) is 17.2 Å². The summed E-state index contributed by atoms with van der Waals surface area (Å²) < 4.78 is 54.2. The van der Waals surface area contributed by atoms with Crippen LogP contribution in [0, 0.1) is 5.92 Å². The number of esters is 1. The molecule has 9 heteroatoms. The molecule has 0 saturated heterocycles. The molecule has 5 nitrogen and oxygen atoms in total. The third kappa shape index (κ3) is 4.44. The van der Waals surface area contributed by atoms with E-state index in [9.17, 15) is 18.0 Å². The highest BCUT2D eigenvalue weighted by molar-refractivity contribution is 6.33. The van der Waals surface area contributed by atoms with Crippen molar-refractivity contribution in [3.8, 4) is 17.2 Å². The van der Waals surface area contributed by atoms with Crippen LogP contribution in [0.2, 0.25) is 5.02 Å². The molecule has 1 aliphatic rings. The zero-order chi connectivity index (χ0) is 20.5. The van der Waals surface area contributed by atoms with E-state index in [0.29, 0.717) is 11.5 Å². The Bertz CT molecular complexity index is 886. The lowest BCUT2D eigenvalue weighted by atomic mass is 10.0. The van der Waals surface area contributed by atoms with Crippen molar-refractivity contribution in [1.82, 2.24) is 0 Å². The highest BCUT2D eigenvalue weighted by Crippen LogP contribution is 2.36. The Morgan fingerprint density at radius 3 is 2.50 bits per heavy atom. The maximum absolute atomic E-state index is 12.8. The van der Waals surface area contributed by atoms with E-state index in [1.54, 1.807) is 26.0 Å². The van der Waals surface area contributed by atoms with Crippen LogP contribution >= 0.6 is 11.6 Å². The number of anilines is 1. The Kier molecular flexibility index (Phi) is 5.60. The first-order chi connectivity index (χ1) is 13.1. The third-order valence-electron chi connectivity index (χ3n) is 4.09. The van der Waals surface area contributed by atoms with E-state index in [-0.39, 0.29) is 29.2 Å². The summed E-state index contributed by atoms with van der Waals surface area (Å²) in [6.45, 7) is 3.64. The molecule has 150 valence electrons. The molecular weight excluding hydrogens is 399 g/mol. The average Bonchev–Trinajstić information content (AvgIpc) is 3.07. The van der Waals surface area contributed by atoms with E-state index in [4.69, 9.17) is 25.8 Å². The maximum Gasteiger partial charge on any atom is 0.416 e. The highest BCUT2D eigenvalue weighted by atomic mass is 35.5. The smallest absolute Gasteiger partial charge is 0.416 e. The second-order valence-electron chi connectivity index (χ2n) is 6.49. The van der Waals surface area contributed by atoms with Gasteiger partial charge in [-0.15, -0.1) is 0 Å².